The Morgan fingerprint density at radius 2 is 1.83 bits per heavy atom. The molecule has 1 aromatic heterocycles. The average molecular weight is 315 g/mol. The van der Waals surface area contributed by atoms with E-state index in [0.717, 1.165) is 5.56 Å². The first-order valence-electron chi connectivity index (χ1n) is 7.25. The highest BCUT2D eigenvalue weighted by Gasteiger charge is 2.11. The van der Waals surface area contributed by atoms with Crippen LogP contribution in [0.25, 0.3) is 22.6 Å². The number of fused-ring (bicyclic) bond motifs is 1. The molecule has 24 heavy (non-hydrogen) atoms. The molecular weight excluding hydrogens is 302 g/mol. The topological polar surface area (TPSA) is 89.8 Å². The van der Waals surface area contributed by atoms with Crippen LogP contribution < -0.4 is 5.56 Å². The predicted molar refractivity (Wildman–Crippen MR) is 93.0 cm³/mol. The lowest BCUT2D eigenvalue weighted by atomic mass is 10.1. The van der Waals surface area contributed by atoms with Gasteiger partial charge in [-0.15, -0.1) is 0 Å². The Balaban J connectivity index is 2.06. The van der Waals surface area contributed by atoms with E-state index in [1.54, 1.807) is 30.3 Å². The Labute approximate surface area is 137 Å². The molecule has 0 atom stereocenters. The Morgan fingerprint density at radius 3 is 2.58 bits per heavy atom. The van der Waals surface area contributed by atoms with E-state index in [0.29, 0.717) is 10.9 Å². The molecule has 0 aliphatic heterocycles. The van der Waals surface area contributed by atoms with Crippen molar-refractivity contribution in [2.24, 2.45) is 0 Å². The van der Waals surface area contributed by atoms with Crippen LogP contribution >= 0.6 is 0 Å². The SMILES string of the molecule is N#C/C(=C(/O)C=Cc1ccccc1)c1nc2ccccc2c(=O)[nH]1. The maximum Gasteiger partial charge on any atom is 0.259 e. The van der Waals surface area contributed by atoms with E-state index in [4.69, 9.17) is 0 Å². The summed E-state index contributed by atoms with van der Waals surface area (Å²) in [4.78, 5) is 18.9. The summed E-state index contributed by atoms with van der Waals surface area (Å²) in [6.45, 7) is 0. The molecular formula is C19H13N3O2. The maximum atomic E-state index is 12.1. The van der Waals surface area contributed by atoms with E-state index in [1.807, 2.05) is 36.4 Å². The Hall–Kier alpha value is -3.65. The number of aliphatic hydroxyl groups excluding tert-OH is 1. The zero-order chi connectivity index (χ0) is 16.9. The van der Waals surface area contributed by atoms with Gasteiger partial charge in [0.25, 0.3) is 5.56 Å². The molecule has 2 N–H and O–H groups in total. The lowest BCUT2D eigenvalue weighted by Gasteiger charge is -2.03. The number of aliphatic hydroxyl groups is 1. The van der Waals surface area contributed by atoms with Gasteiger partial charge in [-0.3, -0.25) is 4.79 Å². The number of nitrogens with one attached hydrogen (secondary N) is 1. The summed E-state index contributed by atoms with van der Waals surface area (Å²) in [5.41, 5.74) is 0.887. The second kappa shape index (κ2) is 6.63. The van der Waals surface area contributed by atoms with Crippen LogP contribution in [0, 0.1) is 11.3 Å². The number of aromatic nitrogens is 2. The van der Waals surface area contributed by atoms with Crippen molar-refractivity contribution in [2.45, 2.75) is 0 Å². The Bertz CT molecular complexity index is 1040. The van der Waals surface area contributed by atoms with E-state index in [9.17, 15) is 15.2 Å². The van der Waals surface area contributed by atoms with Gasteiger partial charge in [0.15, 0.2) is 5.82 Å². The fourth-order valence-electron chi connectivity index (χ4n) is 2.26. The molecule has 116 valence electrons. The highest BCUT2D eigenvalue weighted by molar-refractivity contribution is 5.82. The van der Waals surface area contributed by atoms with Crippen molar-refractivity contribution in [1.29, 1.82) is 5.26 Å². The maximum absolute atomic E-state index is 12.1. The molecule has 2 aromatic carbocycles. The van der Waals surface area contributed by atoms with Gasteiger partial charge in [0.2, 0.25) is 0 Å². The lowest BCUT2D eigenvalue weighted by molar-refractivity contribution is 0.436. The van der Waals surface area contributed by atoms with E-state index in [2.05, 4.69) is 9.97 Å². The van der Waals surface area contributed by atoms with Crippen LogP contribution in [-0.2, 0) is 0 Å². The minimum absolute atomic E-state index is 0.0383. The number of para-hydroxylation sites is 1. The average Bonchev–Trinajstić information content (AvgIpc) is 2.61. The zero-order valence-corrected chi connectivity index (χ0v) is 12.6. The monoisotopic (exact) mass is 315 g/mol. The van der Waals surface area contributed by atoms with Gasteiger partial charge in [-0.05, 0) is 23.8 Å². The Kier molecular flexibility index (Phi) is 4.21. The first-order valence-corrected chi connectivity index (χ1v) is 7.25. The number of rotatable bonds is 3. The number of nitriles is 1. The molecule has 5 heteroatoms. The Morgan fingerprint density at radius 1 is 1.12 bits per heavy atom. The molecule has 5 nitrogen and oxygen atoms in total. The van der Waals surface area contributed by atoms with Crippen molar-refractivity contribution in [1.82, 2.24) is 9.97 Å². The van der Waals surface area contributed by atoms with Gasteiger partial charge in [0.1, 0.15) is 17.4 Å². The molecule has 0 unspecified atom stereocenters. The zero-order valence-electron chi connectivity index (χ0n) is 12.6. The summed E-state index contributed by atoms with van der Waals surface area (Å²) in [7, 11) is 0. The molecule has 0 radical (unpaired) electrons. The first kappa shape index (κ1) is 15.3. The first-order chi connectivity index (χ1) is 11.7. The second-order valence-electron chi connectivity index (χ2n) is 5.05. The molecule has 0 bridgehead atoms. The van der Waals surface area contributed by atoms with Crippen LogP contribution in [0.3, 0.4) is 0 Å². The molecule has 0 aliphatic carbocycles. The standard InChI is InChI=1S/C19H13N3O2/c20-12-15(17(23)11-10-13-6-2-1-3-7-13)18-21-16-9-5-4-8-14(16)19(24)22-18/h1-11,23H,(H,21,22,24)/b11-10?,17-15-. The van der Waals surface area contributed by atoms with Crippen molar-refractivity contribution in [3.8, 4) is 6.07 Å². The molecule has 3 rings (SSSR count). The van der Waals surface area contributed by atoms with Crippen molar-refractivity contribution in [2.75, 3.05) is 0 Å². The molecule has 0 spiro atoms. The number of H-pyrrole nitrogens is 1. The lowest BCUT2D eigenvalue weighted by Crippen LogP contribution is -2.11. The predicted octanol–water partition coefficient (Wildman–Crippen LogP) is 3.43. The van der Waals surface area contributed by atoms with Gasteiger partial charge in [0.05, 0.1) is 10.9 Å². The number of benzene rings is 2. The fraction of sp³-hybridized carbons (Fsp3) is 0. The number of aromatic amines is 1. The highest BCUT2D eigenvalue weighted by Crippen LogP contribution is 2.16. The summed E-state index contributed by atoms with van der Waals surface area (Å²) in [5.74, 6) is -0.226. The number of hydrogen-bond acceptors (Lipinski definition) is 4. The normalized spacial score (nSPS) is 12.1. The van der Waals surface area contributed by atoms with Crippen LogP contribution in [0.4, 0.5) is 0 Å². The summed E-state index contributed by atoms with van der Waals surface area (Å²) in [5, 5.41) is 20.0. The van der Waals surface area contributed by atoms with Gasteiger partial charge >= 0.3 is 0 Å². The van der Waals surface area contributed by atoms with Crippen LogP contribution in [0.1, 0.15) is 11.4 Å². The molecule has 0 amide bonds. The van der Waals surface area contributed by atoms with Crippen molar-refractivity contribution < 1.29 is 5.11 Å². The third-order valence-electron chi connectivity index (χ3n) is 3.45. The van der Waals surface area contributed by atoms with Gasteiger partial charge in [-0.2, -0.15) is 5.26 Å². The van der Waals surface area contributed by atoms with E-state index >= 15 is 0 Å². The van der Waals surface area contributed by atoms with Crippen molar-refractivity contribution >= 4 is 22.6 Å². The summed E-state index contributed by atoms with van der Waals surface area (Å²) < 4.78 is 0. The molecule has 1 heterocycles. The van der Waals surface area contributed by atoms with Crippen LogP contribution in [-0.4, -0.2) is 15.1 Å². The number of nitrogens with zero attached hydrogens (tertiary/aromatic N) is 2. The number of allylic oxidation sites excluding steroid dienone is 2. The molecule has 0 saturated heterocycles. The van der Waals surface area contributed by atoms with Gasteiger partial charge < -0.3 is 10.1 Å². The minimum Gasteiger partial charge on any atom is -0.506 e. The van der Waals surface area contributed by atoms with Crippen LogP contribution in [0.5, 0.6) is 0 Å². The summed E-state index contributed by atoms with van der Waals surface area (Å²) >= 11 is 0. The second-order valence-corrected chi connectivity index (χ2v) is 5.05. The van der Waals surface area contributed by atoms with Crippen molar-refractivity contribution in [3.63, 3.8) is 0 Å². The van der Waals surface area contributed by atoms with Gasteiger partial charge in [-0.1, -0.05) is 48.5 Å². The van der Waals surface area contributed by atoms with Crippen LogP contribution in [0.2, 0.25) is 0 Å². The van der Waals surface area contributed by atoms with E-state index < -0.39 is 0 Å². The molecule has 0 fully saturated rings. The minimum atomic E-state index is -0.358. The molecule has 3 aromatic rings. The largest absolute Gasteiger partial charge is 0.506 e. The summed E-state index contributed by atoms with van der Waals surface area (Å²) in [6.07, 6.45) is 3.08. The van der Waals surface area contributed by atoms with Gasteiger partial charge in [0, 0.05) is 0 Å². The summed E-state index contributed by atoms with van der Waals surface area (Å²) in [6, 6.07) is 18.1. The van der Waals surface area contributed by atoms with Crippen LogP contribution in [0.15, 0.2) is 71.2 Å². The number of hydrogen-bond donors (Lipinski definition) is 2. The smallest absolute Gasteiger partial charge is 0.259 e. The van der Waals surface area contributed by atoms with E-state index in [-0.39, 0.29) is 22.7 Å². The fourth-order valence-corrected chi connectivity index (χ4v) is 2.26. The van der Waals surface area contributed by atoms with Gasteiger partial charge in [-0.25, -0.2) is 4.98 Å². The quantitative estimate of drug-likeness (QED) is 0.440. The highest BCUT2D eigenvalue weighted by atomic mass is 16.3. The third kappa shape index (κ3) is 3.08. The molecule has 0 saturated carbocycles. The van der Waals surface area contributed by atoms with E-state index in [1.165, 1.54) is 6.08 Å². The third-order valence-corrected chi connectivity index (χ3v) is 3.45. The molecule has 0 aliphatic rings. The van der Waals surface area contributed by atoms with Crippen molar-refractivity contribution in [3.05, 3.63) is 88.2 Å².